The van der Waals surface area contributed by atoms with Gasteiger partial charge in [0.2, 0.25) is 0 Å². The number of hydrogen-bond donors (Lipinski definition) is 1. The van der Waals surface area contributed by atoms with Crippen LogP contribution in [0, 0.1) is 0 Å². The van der Waals surface area contributed by atoms with Gasteiger partial charge in [0.25, 0.3) is 0 Å². The monoisotopic (exact) mass is 377 g/mol. The second kappa shape index (κ2) is 7.23. The smallest absolute Gasteiger partial charge is 0.410 e. The minimum Gasteiger partial charge on any atom is -0.496 e. The van der Waals surface area contributed by atoms with Crippen LogP contribution in [0.2, 0.25) is 0 Å². The molecule has 1 amide bonds. The van der Waals surface area contributed by atoms with E-state index in [-0.39, 0.29) is 18.2 Å². The first-order valence-corrected chi connectivity index (χ1v) is 9.63. The molecule has 1 aromatic rings. The van der Waals surface area contributed by atoms with E-state index >= 15 is 0 Å². The quantitative estimate of drug-likeness (QED) is 0.867. The summed E-state index contributed by atoms with van der Waals surface area (Å²) in [5.74, 6) is 1.22. The second-order valence-corrected chi connectivity index (χ2v) is 8.60. The third-order valence-corrected chi connectivity index (χ3v) is 5.51. The van der Waals surface area contributed by atoms with Crippen molar-refractivity contribution in [2.45, 2.75) is 76.2 Å². The summed E-state index contributed by atoms with van der Waals surface area (Å²) in [4.78, 5) is 14.6. The van der Waals surface area contributed by atoms with Crippen LogP contribution in [-0.2, 0) is 10.3 Å². The third kappa shape index (κ3) is 3.86. The molecule has 0 radical (unpaired) electrons. The Hall–Kier alpha value is -1.95. The summed E-state index contributed by atoms with van der Waals surface area (Å²) in [5.41, 5.74) is -0.965. The van der Waals surface area contributed by atoms with Crippen molar-refractivity contribution in [3.63, 3.8) is 0 Å². The summed E-state index contributed by atoms with van der Waals surface area (Å²) < 4.78 is 16.7. The SMILES string of the molecule is COc1cccc(OC)c1C1(O)CC2CCCC(C1)N2C(=O)OC(C)(C)C. The highest BCUT2D eigenvalue weighted by molar-refractivity contribution is 5.69. The molecule has 2 saturated heterocycles. The highest BCUT2D eigenvalue weighted by Gasteiger charge is 2.51. The molecule has 0 aliphatic carbocycles. The zero-order valence-corrected chi connectivity index (χ0v) is 16.9. The molecule has 0 saturated carbocycles. The van der Waals surface area contributed by atoms with Gasteiger partial charge < -0.3 is 24.2 Å². The molecule has 1 N–H and O–H groups in total. The Morgan fingerprint density at radius 2 is 1.63 bits per heavy atom. The third-order valence-electron chi connectivity index (χ3n) is 5.51. The van der Waals surface area contributed by atoms with E-state index in [9.17, 15) is 9.90 Å². The molecule has 6 nitrogen and oxygen atoms in total. The van der Waals surface area contributed by atoms with E-state index in [1.807, 2.05) is 43.9 Å². The molecule has 0 spiro atoms. The first-order valence-electron chi connectivity index (χ1n) is 9.63. The summed E-state index contributed by atoms with van der Waals surface area (Å²) in [6.07, 6.45) is 3.36. The number of hydrogen-bond acceptors (Lipinski definition) is 5. The number of fused-ring (bicyclic) bond motifs is 2. The highest BCUT2D eigenvalue weighted by Crippen LogP contribution is 2.49. The predicted molar refractivity (Wildman–Crippen MR) is 102 cm³/mol. The number of carbonyl (C=O) groups excluding carboxylic acids is 1. The molecule has 2 bridgehead atoms. The van der Waals surface area contributed by atoms with Crippen LogP contribution >= 0.6 is 0 Å². The first kappa shape index (κ1) is 19.8. The van der Waals surface area contributed by atoms with Gasteiger partial charge in [-0.2, -0.15) is 0 Å². The lowest BCUT2D eigenvalue weighted by Crippen LogP contribution is -2.59. The Morgan fingerprint density at radius 1 is 1.11 bits per heavy atom. The lowest BCUT2D eigenvalue weighted by atomic mass is 9.72. The van der Waals surface area contributed by atoms with Gasteiger partial charge in [-0.1, -0.05) is 6.07 Å². The summed E-state index contributed by atoms with van der Waals surface area (Å²) >= 11 is 0. The molecule has 3 rings (SSSR count). The molecule has 1 aromatic carbocycles. The van der Waals surface area contributed by atoms with Gasteiger partial charge in [0.1, 0.15) is 22.7 Å². The van der Waals surface area contributed by atoms with Crippen molar-refractivity contribution in [2.24, 2.45) is 0 Å². The van der Waals surface area contributed by atoms with Crippen LogP contribution in [0.1, 0.15) is 58.4 Å². The number of carbonyl (C=O) groups is 1. The van der Waals surface area contributed by atoms with Crippen molar-refractivity contribution in [1.82, 2.24) is 4.90 Å². The lowest BCUT2D eigenvalue weighted by Gasteiger charge is -2.52. The van der Waals surface area contributed by atoms with E-state index in [4.69, 9.17) is 14.2 Å². The van der Waals surface area contributed by atoms with Crippen LogP contribution in [0.5, 0.6) is 11.5 Å². The topological polar surface area (TPSA) is 68.2 Å². The minimum absolute atomic E-state index is 0.0630. The summed E-state index contributed by atoms with van der Waals surface area (Å²) in [7, 11) is 3.19. The fourth-order valence-corrected chi connectivity index (χ4v) is 4.56. The van der Waals surface area contributed by atoms with Gasteiger partial charge in [0.15, 0.2) is 0 Å². The number of nitrogens with zero attached hydrogens (tertiary/aromatic N) is 1. The van der Waals surface area contributed by atoms with Crippen molar-refractivity contribution < 1.29 is 24.1 Å². The van der Waals surface area contributed by atoms with Crippen LogP contribution in [0.25, 0.3) is 0 Å². The van der Waals surface area contributed by atoms with Crippen LogP contribution in [0.4, 0.5) is 4.79 Å². The van der Waals surface area contributed by atoms with E-state index in [1.54, 1.807) is 14.2 Å². The summed E-state index contributed by atoms with van der Waals surface area (Å²) in [5, 5.41) is 11.7. The van der Waals surface area contributed by atoms with Gasteiger partial charge in [0.05, 0.1) is 19.8 Å². The van der Waals surface area contributed by atoms with Gasteiger partial charge in [-0.3, -0.25) is 0 Å². The maximum atomic E-state index is 12.8. The average molecular weight is 377 g/mol. The molecule has 2 heterocycles. The Kier molecular flexibility index (Phi) is 5.30. The Bertz CT molecular complexity index is 660. The Balaban J connectivity index is 1.94. The molecule has 2 aliphatic rings. The molecular weight excluding hydrogens is 346 g/mol. The molecular formula is C21H31NO5. The molecule has 2 unspecified atom stereocenters. The van der Waals surface area contributed by atoms with E-state index in [2.05, 4.69) is 0 Å². The van der Waals surface area contributed by atoms with E-state index < -0.39 is 11.2 Å². The molecule has 2 fully saturated rings. The maximum Gasteiger partial charge on any atom is 0.410 e. The molecule has 0 aromatic heterocycles. The van der Waals surface area contributed by atoms with Gasteiger partial charge >= 0.3 is 6.09 Å². The van der Waals surface area contributed by atoms with Crippen molar-refractivity contribution in [1.29, 1.82) is 0 Å². The fourth-order valence-electron chi connectivity index (χ4n) is 4.56. The molecule has 27 heavy (non-hydrogen) atoms. The number of ether oxygens (including phenoxy) is 3. The number of methoxy groups -OCH3 is 2. The van der Waals surface area contributed by atoms with E-state index in [0.717, 1.165) is 19.3 Å². The molecule has 6 heteroatoms. The van der Waals surface area contributed by atoms with Crippen molar-refractivity contribution in [3.05, 3.63) is 23.8 Å². The second-order valence-electron chi connectivity index (χ2n) is 8.60. The average Bonchev–Trinajstić information content (AvgIpc) is 2.58. The largest absolute Gasteiger partial charge is 0.496 e. The lowest BCUT2D eigenvalue weighted by molar-refractivity contribution is -0.0979. The normalized spacial score (nSPS) is 27.9. The number of piperidine rings is 2. The van der Waals surface area contributed by atoms with Crippen LogP contribution in [0.3, 0.4) is 0 Å². The zero-order valence-electron chi connectivity index (χ0n) is 16.9. The standard InChI is InChI=1S/C21H31NO5/c1-20(2,3)27-19(23)22-14-8-6-9-15(22)13-21(24,12-14)18-16(25-4)10-7-11-17(18)26-5/h7,10-11,14-15,24H,6,8-9,12-13H2,1-5H3. The zero-order chi connectivity index (χ0) is 19.8. The minimum atomic E-state index is -1.10. The number of rotatable bonds is 3. The van der Waals surface area contributed by atoms with Gasteiger partial charge in [0, 0.05) is 24.9 Å². The van der Waals surface area contributed by atoms with Crippen molar-refractivity contribution in [3.8, 4) is 11.5 Å². The van der Waals surface area contributed by atoms with E-state index in [0.29, 0.717) is 29.9 Å². The molecule has 2 aliphatic heterocycles. The predicted octanol–water partition coefficient (Wildman–Crippen LogP) is 3.84. The van der Waals surface area contributed by atoms with Gasteiger partial charge in [-0.05, 0) is 52.2 Å². The summed E-state index contributed by atoms with van der Waals surface area (Å²) in [6.45, 7) is 5.63. The van der Waals surface area contributed by atoms with Gasteiger partial charge in [-0.15, -0.1) is 0 Å². The van der Waals surface area contributed by atoms with Crippen molar-refractivity contribution >= 4 is 6.09 Å². The molecule has 2 atom stereocenters. The van der Waals surface area contributed by atoms with Crippen LogP contribution in [-0.4, -0.2) is 48.0 Å². The number of benzene rings is 1. The maximum absolute atomic E-state index is 12.8. The summed E-state index contributed by atoms with van der Waals surface area (Å²) in [6, 6.07) is 5.40. The Morgan fingerprint density at radius 3 is 2.07 bits per heavy atom. The fraction of sp³-hybridized carbons (Fsp3) is 0.667. The Labute approximate surface area is 161 Å². The van der Waals surface area contributed by atoms with Gasteiger partial charge in [-0.25, -0.2) is 4.79 Å². The van der Waals surface area contributed by atoms with Crippen LogP contribution in [0.15, 0.2) is 18.2 Å². The molecule has 150 valence electrons. The van der Waals surface area contributed by atoms with E-state index in [1.165, 1.54) is 0 Å². The highest BCUT2D eigenvalue weighted by atomic mass is 16.6. The first-order chi connectivity index (χ1) is 12.7. The number of aliphatic hydroxyl groups is 1. The number of amides is 1. The van der Waals surface area contributed by atoms with Crippen LogP contribution < -0.4 is 9.47 Å². The van der Waals surface area contributed by atoms with Crippen molar-refractivity contribution in [2.75, 3.05) is 14.2 Å².